The van der Waals surface area contributed by atoms with E-state index in [1.807, 2.05) is 13.8 Å². The minimum atomic E-state index is -0.890. The molecule has 3 fully saturated rings. The van der Waals surface area contributed by atoms with Crippen molar-refractivity contribution >= 4 is 11.9 Å². The van der Waals surface area contributed by atoms with Gasteiger partial charge in [-0.15, -0.1) is 0 Å². The summed E-state index contributed by atoms with van der Waals surface area (Å²) >= 11 is 0. The molecule has 4 aliphatic rings. The van der Waals surface area contributed by atoms with Crippen LogP contribution in [-0.4, -0.2) is 34.4 Å². The molecule has 8 atom stereocenters. The van der Waals surface area contributed by atoms with Crippen LogP contribution in [-0.2, 0) is 14.3 Å². The summed E-state index contributed by atoms with van der Waals surface area (Å²) in [6.45, 7) is 14.8. The normalized spacial score (nSPS) is 42.9. The number of allylic oxidation sites excluding steroid dienone is 4. The van der Waals surface area contributed by atoms with Gasteiger partial charge in [0.15, 0.2) is 0 Å². The third-order valence-electron chi connectivity index (χ3n) is 11.0. The van der Waals surface area contributed by atoms with Crippen molar-refractivity contribution in [1.82, 2.24) is 0 Å². The number of ether oxygens (including phenoxy) is 1. The van der Waals surface area contributed by atoms with Crippen molar-refractivity contribution in [2.45, 2.75) is 112 Å². The molecule has 0 bridgehead atoms. The Morgan fingerprint density at radius 3 is 2.44 bits per heavy atom. The molecule has 3 saturated carbocycles. The van der Waals surface area contributed by atoms with Gasteiger partial charge in [-0.05, 0) is 105 Å². The first-order chi connectivity index (χ1) is 16.8. The quantitative estimate of drug-likeness (QED) is 0.253. The first-order valence-electron chi connectivity index (χ1n) is 13.9. The van der Waals surface area contributed by atoms with E-state index in [4.69, 9.17) is 4.74 Å². The third-order valence-corrected chi connectivity index (χ3v) is 11.0. The summed E-state index contributed by atoms with van der Waals surface area (Å²) < 4.78 is 5.90. The number of rotatable bonds is 5. The minimum Gasteiger partial charge on any atom is -0.478 e. The minimum absolute atomic E-state index is 0.0418. The van der Waals surface area contributed by atoms with E-state index in [-0.39, 0.29) is 40.2 Å². The Balaban J connectivity index is 1.82. The summed E-state index contributed by atoms with van der Waals surface area (Å²) in [5.74, 6) is -0.460. The van der Waals surface area contributed by atoms with Crippen LogP contribution in [0, 0.1) is 34.0 Å². The van der Waals surface area contributed by atoms with Crippen LogP contribution in [0.1, 0.15) is 99.8 Å². The van der Waals surface area contributed by atoms with Gasteiger partial charge in [0.2, 0.25) is 0 Å². The van der Waals surface area contributed by atoms with E-state index in [9.17, 15) is 19.8 Å². The number of aliphatic hydroxyl groups excluding tert-OH is 1. The maximum atomic E-state index is 12.6. The van der Waals surface area contributed by atoms with Gasteiger partial charge in [0.05, 0.1) is 6.10 Å². The second-order valence-corrected chi connectivity index (χ2v) is 13.0. The predicted molar refractivity (Wildman–Crippen MR) is 141 cm³/mol. The molecule has 0 saturated heterocycles. The Bertz CT molecular complexity index is 1020. The highest BCUT2D eigenvalue weighted by Gasteiger charge is 2.66. The van der Waals surface area contributed by atoms with E-state index < -0.39 is 12.1 Å². The first-order valence-corrected chi connectivity index (χ1v) is 13.9. The number of esters is 1. The van der Waals surface area contributed by atoms with Gasteiger partial charge < -0.3 is 14.9 Å². The molecule has 8 unspecified atom stereocenters. The molecule has 4 aliphatic carbocycles. The van der Waals surface area contributed by atoms with Gasteiger partial charge in [-0.1, -0.05) is 51.0 Å². The molecule has 0 radical (unpaired) electrons. The molecule has 0 spiro atoms. The highest BCUT2D eigenvalue weighted by molar-refractivity contribution is 5.88. The average molecular weight is 499 g/mol. The first kappa shape index (κ1) is 27.2. The van der Waals surface area contributed by atoms with Gasteiger partial charge in [-0.3, -0.25) is 4.79 Å². The molecule has 0 aromatic carbocycles. The maximum Gasteiger partial charge on any atom is 0.331 e. The molecule has 4 rings (SSSR count). The Hall–Kier alpha value is -1.88. The fourth-order valence-electron chi connectivity index (χ4n) is 8.95. The lowest BCUT2D eigenvalue weighted by Crippen LogP contribution is -2.56. The van der Waals surface area contributed by atoms with E-state index in [0.29, 0.717) is 30.8 Å². The number of fused-ring (bicyclic) bond motifs is 5. The number of hydrogen-bond donors (Lipinski definition) is 2. The molecule has 0 aromatic heterocycles. The molecular weight excluding hydrogens is 452 g/mol. The van der Waals surface area contributed by atoms with Crippen LogP contribution < -0.4 is 0 Å². The molecule has 200 valence electrons. The lowest BCUT2D eigenvalue weighted by atomic mass is 9.40. The molecule has 0 heterocycles. The van der Waals surface area contributed by atoms with Crippen LogP contribution in [0.3, 0.4) is 0 Å². The summed E-state index contributed by atoms with van der Waals surface area (Å²) in [5, 5.41) is 20.9. The standard InChI is InChI=1S/C31H46O5/c1-18(2)9-8-10-21(28(34)35)27-23-11-12-26-29(5)15-14-24(33)19(3)22(29)13-16-30(26,6)31(23,7)17-25(27)36-20(4)32/h9,12,19,22-25,33H,8,10-11,13-17H2,1-7H3,(H,34,35). The van der Waals surface area contributed by atoms with Crippen molar-refractivity contribution in [3.05, 3.63) is 34.4 Å². The van der Waals surface area contributed by atoms with E-state index in [1.165, 1.54) is 18.1 Å². The number of aliphatic carboxylic acids is 1. The summed E-state index contributed by atoms with van der Waals surface area (Å²) in [4.78, 5) is 24.8. The van der Waals surface area contributed by atoms with Crippen molar-refractivity contribution in [3.63, 3.8) is 0 Å². The van der Waals surface area contributed by atoms with Crippen molar-refractivity contribution in [2.75, 3.05) is 0 Å². The topological polar surface area (TPSA) is 83.8 Å². The van der Waals surface area contributed by atoms with E-state index in [1.54, 1.807) is 0 Å². The lowest BCUT2D eigenvalue weighted by Gasteiger charge is -2.64. The van der Waals surface area contributed by atoms with Gasteiger partial charge in [-0.25, -0.2) is 4.79 Å². The van der Waals surface area contributed by atoms with Crippen molar-refractivity contribution < 1.29 is 24.5 Å². The molecule has 36 heavy (non-hydrogen) atoms. The number of hydrogen-bond acceptors (Lipinski definition) is 4. The summed E-state index contributed by atoms with van der Waals surface area (Å²) in [5.41, 5.74) is 3.70. The number of carboxylic acids is 1. The zero-order valence-electron chi connectivity index (χ0n) is 23.3. The van der Waals surface area contributed by atoms with E-state index >= 15 is 0 Å². The Morgan fingerprint density at radius 2 is 1.83 bits per heavy atom. The zero-order valence-corrected chi connectivity index (χ0v) is 23.3. The fourth-order valence-corrected chi connectivity index (χ4v) is 8.95. The summed E-state index contributed by atoms with van der Waals surface area (Å²) in [7, 11) is 0. The Labute approximate surface area is 217 Å². The molecule has 2 N–H and O–H groups in total. The molecule has 0 aliphatic heterocycles. The number of carbonyl (C=O) groups is 2. The van der Waals surface area contributed by atoms with E-state index in [2.05, 4.69) is 39.8 Å². The number of carboxylic acid groups (broad SMARTS) is 1. The molecule has 5 nitrogen and oxygen atoms in total. The Morgan fingerprint density at radius 1 is 1.14 bits per heavy atom. The highest BCUT2D eigenvalue weighted by atomic mass is 16.5. The van der Waals surface area contributed by atoms with E-state index in [0.717, 1.165) is 37.7 Å². The van der Waals surface area contributed by atoms with Crippen LogP contribution in [0.5, 0.6) is 0 Å². The monoisotopic (exact) mass is 498 g/mol. The fraction of sp³-hybridized carbons (Fsp3) is 0.742. The second kappa shape index (κ2) is 9.45. The smallest absolute Gasteiger partial charge is 0.331 e. The van der Waals surface area contributed by atoms with Crippen LogP contribution in [0.15, 0.2) is 34.4 Å². The molecule has 0 amide bonds. The van der Waals surface area contributed by atoms with Crippen LogP contribution in [0.25, 0.3) is 0 Å². The highest BCUT2D eigenvalue weighted by Crippen LogP contribution is 2.72. The SMILES string of the molecule is CC(=O)OC1CC2(C)C(CC=C3C4(C)CCC(O)C(C)C4CCC32C)C1=C(CCC=C(C)C)C(=O)O. The second-order valence-electron chi connectivity index (χ2n) is 13.0. The van der Waals surface area contributed by atoms with Crippen molar-refractivity contribution in [3.8, 4) is 0 Å². The van der Waals surface area contributed by atoms with Crippen LogP contribution in [0.2, 0.25) is 0 Å². The van der Waals surface area contributed by atoms with Gasteiger partial charge in [0.25, 0.3) is 0 Å². The van der Waals surface area contributed by atoms with Crippen molar-refractivity contribution in [2.24, 2.45) is 34.0 Å². The van der Waals surface area contributed by atoms with Crippen molar-refractivity contribution in [1.29, 1.82) is 0 Å². The van der Waals surface area contributed by atoms with Gasteiger partial charge >= 0.3 is 11.9 Å². The molecule has 0 aromatic rings. The lowest BCUT2D eigenvalue weighted by molar-refractivity contribution is -0.145. The van der Waals surface area contributed by atoms with Gasteiger partial charge in [0.1, 0.15) is 6.10 Å². The third kappa shape index (κ3) is 4.10. The van der Waals surface area contributed by atoms with Gasteiger partial charge in [-0.2, -0.15) is 0 Å². The average Bonchev–Trinajstić information content (AvgIpc) is 3.05. The molecule has 5 heteroatoms. The number of aliphatic hydroxyl groups is 1. The zero-order chi connectivity index (χ0) is 26.6. The van der Waals surface area contributed by atoms with Crippen LogP contribution >= 0.6 is 0 Å². The molecular formula is C31H46O5. The maximum absolute atomic E-state index is 12.6. The summed E-state index contributed by atoms with van der Waals surface area (Å²) in [6.07, 6.45) is 10.3. The summed E-state index contributed by atoms with van der Waals surface area (Å²) in [6, 6.07) is 0. The predicted octanol–water partition coefficient (Wildman–Crippen LogP) is 6.62. The Kier molecular flexibility index (Phi) is 7.13. The largest absolute Gasteiger partial charge is 0.478 e. The van der Waals surface area contributed by atoms with Gasteiger partial charge in [0, 0.05) is 12.5 Å². The number of carbonyl (C=O) groups excluding carboxylic acids is 1. The van der Waals surface area contributed by atoms with Crippen LogP contribution in [0.4, 0.5) is 0 Å².